The van der Waals surface area contributed by atoms with E-state index in [1.165, 1.54) is 30.8 Å². The van der Waals surface area contributed by atoms with Crippen molar-refractivity contribution in [1.82, 2.24) is 30.0 Å². The van der Waals surface area contributed by atoms with Gasteiger partial charge in [-0.3, -0.25) is 13.8 Å². The Morgan fingerprint density at radius 2 is 1.32 bits per heavy atom. The molecule has 20 nitrogen and oxygen atoms in total. The number of aromatic nitrogens is 4. The number of carbonyl (C=O) groups is 3. The minimum absolute atomic E-state index is 0.0383. The van der Waals surface area contributed by atoms with Crippen LogP contribution in [0.2, 0.25) is 0 Å². The number of carbonyl (C=O) groups excluding carboxylic acids is 3. The van der Waals surface area contributed by atoms with Crippen molar-refractivity contribution < 1.29 is 63.8 Å². The van der Waals surface area contributed by atoms with E-state index in [-0.39, 0.29) is 34.8 Å². The van der Waals surface area contributed by atoms with E-state index in [0.717, 1.165) is 16.9 Å². The van der Waals surface area contributed by atoms with E-state index in [9.17, 15) is 31.2 Å². The molecule has 0 fully saturated rings. The average molecular weight is 1160 g/mol. The third-order valence-electron chi connectivity index (χ3n) is 12.9. The smallest absolute Gasteiger partial charge is 0.328 e. The van der Waals surface area contributed by atoms with E-state index in [1.54, 1.807) is 99.3 Å². The lowest BCUT2D eigenvalue weighted by Crippen LogP contribution is -2.47. The molecule has 8 rings (SSSR count). The van der Waals surface area contributed by atoms with Gasteiger partial charge in [0.05, 0.1) is 42.6 Å². The lowest BCUT2D eigenvalue weighted by atomic mass is 9.78. The van der Waals surface area contributed by atoms with E-state index in [0.29, 0.717) is 61.2 Å². The second-order valence-corrected chi connectivity index (χ2v) is 23.5. The van der Waals surface area contributed by atoms with E-state index < -0.39 is 68.3 Å². The molecule has 0 aliphatic carbocycles. The molecule has 81 heavy (non-hydrogen) atoms. The van der Waals surface area contributed by atoms with E-state index in [1.807, 2.05) is 75.4 Å². The summed E-state index contributed by atoms with van der Waals surface area (Å²) in [6.45, 7) is 5.86. The Balaban J connectivity index is 0.916. The highest BCUT2D eigenvalue weighted by molar-refractivity contribution is 7.91. The Bertz CT molecular complexity index is 3630. The number of aryl methyl sites for hydroxylation is 1. The predicted molar refractivity (Wildman–Crippen MR) is 300 cm³/mol. The number of ether oxygens (including phenoxy) is 6. The number of hydrogen-bond acceptors (Lipinski definition) is 18. The first-order valence-electron chi connectivity index (χ1n) is 25.4. The maximum Gasteiger partial charge on any atom is 0.328 e. The van der Waals surface area contributed by atoms with Crippen LogP contribution in [-0.4, -0.2) is 101 Å². The van der Waals surface area contributed by atoms with Gasteiger partial charge in [0, 0.05) is 13.3 Å². The third kappa shape index (κ3) is 14.4. The van der Waals surface area contributed by atoms with E-state index >= 15 is 0 Å². The Hall–Kier alpha value is -8.22. The number of rotatable bonds is 26. The van der Waals surface area contributed by atoms with Crippen LogP contribution in [0.5, 0.6) is 23.0 Å². The fourth-order valence-electron chi connectivity index (χ4n) is 8.81. The Morgan fingerprint density at radius 1 is 0.716 bits per heavy atom. The molecule has 23 heteroatoms. The normalized spacial score (nSPS) is 13.0. The number of nitrogens with zero attached hydrogens (tertiary/aromatic N) is 4. The summed E-state index contributed by atoms with van der Waals surface area (Å²) in [5.74, 6) is -0.251. The minimum Gasteiger partial charge on any atom is -0.497 e. The average Bonchev–Trinajstić information content (AvgIpc) is 4.16. The number of amides is 1. The molecule has 1 amide bonds. The number of nitrogens with one attached hydrogen (secondary N) is 2. The SMILES string of the molecule is COC(=O)C(Cc1ccc(OC[C@@H](COS(=O)(=O)c2ccc(C)cc2)OC(C)=O)cc1)NC(=O)[C@H](C(C)C)n1cc(COc2ccc3nc(S(=O)(=O)NC(c4ccccc4)(c4ccc(OC)cc4)c4ccc(OC)cc4)sc3c2)nn1. The molecule has 2 aromatic heterocycles. The molecule has 1 unspecified atom stereocenters. The monoisotopic (exact) mass is 1160 g/mol. The van der Waals surface area contributed by atoms with Gasteiger partial charge in [-0.15, -0.1) is 16.4 Å². The molecule has 0 radical (unpaired) electrons. The highest BCUT2D eigenvalue weighted by Crippen LogP contribution is 2.41. The highest BCUT2D eigenvalue weighted by Gasteiger charge is 2.42. The second-order valence-electron chi connectivity index (χ2n) is 19.0. The molecule has 6 aromatic carbocycles. The van der Waals surface area contributed by atoms with Gasteiger partial charge in [-0.1, -0.05) is 103 Å². The van der Waals surface area contributed by atoms with Gasteiger partial charge in [0.1, 0.15) is 66.1 Å². The molecule has 0 spiro atoms. The summed E-state index contributed by atoms with van der Waals surface area (Å²) in [4.78, 5) is 43.5. The van der Waals surface area contributed by atoms with E-state index in [2.05, 4.69) is 25.3 Å². The van der Waals surface area contributed by atoms with Crippen molar-refractivity contribution in [2.75, 3.05) is 34.5 Å². The summed E-state index contributed by atoms with van der Waals surface area (Å²) in [5.41, 5.74) is 2.80. The lowest BCUT2D eigenvalue weighted by molar-refractivity contribution is -0.149. The van der Waals surface area contributed by atoms with E-state index in [4.69, 9.17) is 32.6 Å². The molecule has 0 bridgehead atoms. The molecule has 424 valence electrons. The van der Waals surface area contributed by atoms with Gasteiger partial charge in [-0.25, -0.2) is 22.9 Å². The van der Waals surface area contributed by atoms with Crippen LogP contribution in [0.1, 0.15) is 60.3 Å². The summed E-state index contributed by atoms with van der Waals surface area (Å²) in [5, 5.41) is 11.3. The molecule has 2 N–H and O–H groups in total. The van der Waals surface area contributed by atoms with Gasteiger partial charge in [0.2, 0.25) is 10.2 Å². The fraction of sp³-hybridized carbons (Fsp3) is 0.276. The van der Waals surface area contributed by atoms with Crippen molar-refractivity contribution in [3.05, 3.63) is 185 Å². The second kappa shape index (κ2) is 25.9. The topological polar surface area (TPSA) is 252 Å². The lowest BCUT2D eigenvalue weighted by Gasteiger charge is -2.36. The number of thiazole rings is 1. The molecule has 8 aromatic rings. The molecular weight excluding hydrogens is 1100 g/mol. The maximum absolute atomic E-state index is 14.7. The van der Waals surface area contributed by atoms with Gasteiger partial charge < -0.3 is 33.7 Å². The Labute approximate surface area is 473 Å². The molecule has 0 aliphatic heterocycles. The first-order chi connectivity index (χ1) is 38.8. The van der Waals surface area contributed by atoms with Crippen LogP contribution in [-0.2, 0) is 66.7 Å². The number of sulfonamides is 1. The van der Waals surface area contributed by atoms with Gasteiger partial charge >= 0.3 is 11.9 Å². The van der Waals surface area contributed by atoms with Crippen molar-refractivity contribution in [3.8, 4) is 23.0 Å². The van der Waals surface area contributed by atoms with Crippen LogP contribution in [0, 0.1) is 12.8 Å². The van der Waals surface area contributed by atoms with Gasteiger partial charge in [-0.2, -0.15) is 13.1 Å². The van der Waals surface area contributed by atoms with Crippen molar-refractivity contribution >= 4 is 59.5 Å². The highest BCUT2D eigenvalue weighted by atomic mass is 32.2. The quantitative estimate of drug-likeness (QED) is 0.0297. The zero-order valence-electron chi connectivity index (χ0n) is 45.3. The maximum atomic E-state index is 14.7. The van der Waals surface area contributed by atoms with Crippen LogP contribution in [0.3, 0.4) is 0 Å². The van der Waals surface area contributed by atoms with Gasteiger partial charge in [0.25, 0.3) is 20.1 Å². The van der Waals surface area contributed by atoms with Crippen LogP contribution >= 0.6 is 11.3 Å². The summed E-state index contributed by atoms with van der Waals surface area (Å²) in [6.07, 6.45) is 0.546. The summed E-state index contributed by atoms with van der Waals surface area (Å²) in [7, 11) is -4.16. The third-order valence-corrected chi connectivity index (χ3v) is 17.0. The van der Waals surface area contributed by atoms with Crippen LogP contribution in [0.25, 0.3) is 10.2 Å². The molecular formula is C58H60N6O14S3. The first kappa shape index (κ1) is 58.9. The first-order valence-corrected chi connectivity index (χ1v) is 29.1. The molecule has 3 atom stereocenters. The summed E-state index contributed by atoms with van der Waals surface area (Å²) >= 11 is 0.978. The number of methoxy groups -OCH3 is 3. The zero-order chi connectivity index (χ0) is 57.9. The van der Waals surface area contributed by atoms with Gasteiger partial charge in [-0.05, 0) is 102 Å². The van der Waals surface area contributed by atoms with Crippen LogP contribution < -0.4 is 29.0 Å². The van der Waals surface area contributed by atoms with Crippen molar-refractivity contribution in [1.29, 1.82) is 0 Å². The van der Waals surface area contributed by atoms with Gasteiger partial charge in [0.15, 0.2) is 6.10 Å². The Morgan fingerprint density at radius 3 is 1.91 bits per heavy atom. The molecule has 2 heterocycles. The number of benzene rings is 6. The standard InChI is InChI=1S/C58H60N6O14S3/c1-37(2)54(55(66)59-52(56(67)74-7)31-40-15-21-47(22-16-40)76-35-49(78-39(4)65)36-77-81(70,71)50-28-13-38(3)14-29-50)64-33-44(61-63-64)34-75-48-27-30-51-53(32-48)79-57(60-51)80(68,69)62-58(41-11-9-8-10-12-41,42-17-23-45(72-5)24-18-42)43-19-25-46(73-6)26-20-43/h8-30,32-33,37,49,52,54,62H,31,34-36H2,1-7H3,(H,59,66)/t49-,52?,54-/m0/s1. The fourth-order valence-corrected chi connectivity index (χ4v) is 12.4. The molecule has 0 aliphatic rings. The minimum atomic E-state index is -4.35. The Kier molecular flexibility index (Phi) is 18.9. The number of fused-ring (bicyclic) bond motifs is 1. The number of esters is 2. The van der Waals surface area contributed by atoms with Crippen LogP contribution in [0.4, 0.5) is 0 Å². The summed E-state index contributed by atoms with van der Waals surface area (Å²) < 4.78 is 98.1. The van der Waals surface area contributed by atoms with Crippen molar-refractivity contribution in [3.63, 3.8) is 0 Å². The van der Waals surface area contributed by atoms with Crippen molar-refractivity contribution in [2.45, 2.75) is 73.7 Å². The van der Waals surface area contributed by atoms with Crippen molar-refractivity contribution in [2.24, 2.45) is 5.92 Å². The van der Waals surface area contributed by atoms with Crippen LogP contribution in [0.15, 0.2) is 161 Å². The molecule has 0 saturated heterocycles. The summed E-state index contributed by atoms with van der Waals surface area (Å²) in [6, 6.07) is 39.3. The zero-order valence-corrected chi connectivity index (χ0v) is 47.8. The largest absolute Gasteiger partial charge is 0.497 e. The predicted octanol–water partition coefficient (Wildman–Crippen LogP) is 7.88. The number of hydrogen-bond donors (Lipinski definition) is 2. The molecule has 0 saturated carbocycles.